The van der Waals surface area contributed by atoms with Crippen LogP contribution >= 0.6 is 0 Å². The molecule has 0 bridgehead atoms. The first-order valence-corrected chi connectivity index (χ1v) is 13.0. The topological polar surface area (TPSA) is 58.4 Å². The number of amides is 1. The number of hydrogen-bond donors (Lipinski definition) is 2. The smallest absolute Gasteiger partial charge is 0.230 e. The van der Waals surface area contributed by atoms with Crippen LogP contribution in [0.2, 0.25) is 0 Å². The van der Waals surface area contributed by atoms with Crippen molar-refractivity contribution in [3.05, 3.63) is 84.1 Å². The molecule has 1 fully saturated rings. The molecule has 4 aromatic rings. The average Bonchev–Trinajstić information content (AvgIpc) is 3.55. The maximum atomic E-state index is 13.2. The summed E-state index contributed by atoms with van der Waals surface area (Å²) in [7, 11) is 6.21. The molecule has 6 heteroatoms. The summed E-state index contributed by atoms with van der Waals surface area (Å²) in [4.78, 5) is 13.2. The largest absolute Gasteiger partial charge is 0.370 e. The number of nitrogens with zero attached hydrogens (tertiary/aromatic N) is 2. The zero-order valence-electron chi connectivity index (χ0n) is 21.0. The minimum Gasteiger partial charge on any atom is -0.370 e. The van der Waals surface area contributed by atoms with Crippen LogP contribution in [0.15, 0.2) is 72.9 Å². The third-order valence-corrected chi connectivity index (χ3v) is 7.52. The van der Waals surface area contributed by atoms with Gasteiger partial charge in [0.15, 0.2) is 0 Å². The lowest BCUT2D eigenvalue weighted by Gasteiger charge is -2.28. The predicted molar refractivity (Wildman–Crippen MR) is 148 cm³/mol. The van der Waals surface area contributed by atoms with Gasteiger partial charge in [-0.15, -0.1) is 0 Å². The van der Waals surface area contributed by atoms with Crippen molar-refractivity contribution in [3.63, 3.8) is 0 Å². The number of benzene rings is 2. The summed E-state index contributed by atoms with van der Waals surface area (Å²) in [6, 6.07) is 22.9. The lowest BCUT2D eigenvalue weighted by atomic mass is 9.78. The highest BCUT2D eigenvalue weighted by Gasteiger charge is 2.42. The molecule has 182 valence electrons. The fourth-order valence-electron chi connectivity index (χ4n) is 5.50. The van der Waals surface area contributed by atoms with E-state index in [9.17, 15) is 4.79 Å². The normalized spacial score (nSPS) is 14.7. The fraction of sp³-hybridized carbons (Fsp3) is 0.333. The van der Waals surface area contributed by atoms with Gasteiger partial charge in [0.25, 0.3) is 0 Å². The molecule has 36 heavy (non-hydrogen) atoms. The van der Waals surface area contributed by atoms with E-state index in [4.69, 9.17) is 7.85 Å². The van der Waals surface area contributed by atoms with Crippen LogP contribution in [0, 0.1) is 6.92 Å². The number of aromatic nitrogens is 2. The number of carbonyl (C=O) groups is 1. The number of nitrogens with one attached hydrogen (secondary N) is 2. The quantitative estimate of drug-likeness (QED) is 0.266. The average molecular weight is 476 g/mol. The van der Waals surface area contributed by atoms with Crippen LogP contribution in [0.4, 0.5) is 5.82 Å². The van der Waals surface area contributed by atoms with Crippen LogP contribution in [-0.2, 0) is 10.2 Å². The van der Waals surface area contributed by atoms with Gasteiger partial charge in [0, 0.05) is 19.3 Å². The number of hydrogen-bond acceptors (Lipinski definition) is 3. The zero-order chi connectivity index (χ0) is 25.0. The standard InChI is InChI=1S/C30H33BN4O/c1-22-11-5-6-14-25(22)23-19-27-26(31)21-34-35(27)28(20-23)32-17-9-10-18-33-29(36)30(15-7-8-16-30)24-12-3-2-4-13-24/h2-6,11-14,19-21,32H,7-10,15-18H2,1H3,(H,33,36). The van der Waals surface area contributed by atoms with E-state index < -0.39 is 0 Å². The number of anilines is 1. The molecule has 1 saturated carbocycles. The van der Waals surface area contributed by atoms with Crippen LogP contribution in [0.5, 0.6) is 0 Å². The first-order valence-electron chi connectivity index (χ1n) is 13.0. The van der Waals surface area contributed by atoms with Gasteiger partial charge in [0.1, 0.15) is 13.7 Å². The molecule has 0 saturated heterocycles. The number of fused-ring (bicyclic) bond motifs is 1. The summed E-state index contributed by atoms with van der Waals surface area (Å²) >= 11 is 0. The van der Waals surface area contributed by atoms with E-state index in [1.807, 2.05) is 22.7 Å². The molecule has 5 rings (SSSR count). The number of unbranched alkanes of at least 4 members (excludes halogenated alkanes) is 1. The van der Waals surface area contributed by atoms with E-state index in [1.54, 1.807) is 6.20 Å². The second-order valence-electron chi connectivity index (χ2n) is 9.89. The third-order valence-electron chi connectivity index (χ3n) is 7.52. The lowest BCUT2D eigenvalue weighted by molar-refractivity contribution is -0.126. The van der Waals surface area contributed by atoms with E-state index in [2.05, 4.69) is 71.2 Å². The molecule has 0 aliphatic heterocycles. The fourth-order valence-corrected chi connectivity index (χ4v) is 5.50. The Balaban J connectivity index is 1.19. The Labute approximate surface area is 214 Å². The molecule has 2 radical (unpaired) electrons. The van der Waals surface area contributed by atoms with Crippen molar-refractivity contribution in [2.75, 3.05) is 18.4 Å². The molecule has 2 aromatic heterocycles. The van der Waals surface area contributed by atoms with Gasteiger partial charge >= 0.3 is 0 Å². The molecule has 0 spiro atoms. The van der Waals surface area contributed by atoms with Crippen LogP contribution < -0.4 is 16.1 Å². The highest BCUT2D eigenvalue weighted by Crippen LogP contribution is 2.41. The summed E-state index contributed by atoms with van der Waals surface area (Å²) < 4.78 is 1.86. The summed E-state index contributed by atoms with van der Waals surface area (Å²) in [6.07, 6.45) is 7.63. The Bertz CT molecular complexity index is 1340. The Hall–Kier alpha value is -3.54. The van der Waals surface area contributed by atoms with Gasteiger partial charge < -0.3 is 10.6 Å². The Kier molecular flexibility index (Phi) is 7.12. The third kappa shape index (κ3) is 4.77. The van der Waals surface area contributed by atoms with Crippen molar-refractivity contribution >= 4 is 30.6 Å². The van der Waals surface area contributed by atoms with Gasteiger partial charge in [0.2, 0.25) is 5.91 Å². The van der Waals surface area contributed by atoms with E-state index in [0.29, 0.717) is 12.0 Å². The second-order valence-corrected chi connectivity index (χ2v) is 9.89. The molecule has 0 unspecified atom stereocenters. The first kappa shape index (κ1) is 24.2. The van der Waals surface area contributed by atoms with E-state index in [1.165, 1.54) is 11.1 Å². The van der Waals surface area contributed by atoms with Crippen molar-refractivity contribution < 1.29 is 4.79 Å². The minimum absolute atomic E-state index is 0.179. The SMILES string of the molecule is [B]c1cnn2c(NCCCCNC(=O)C3(c4ccccc4)CCCC3)cc(-c3ccccc3C)cc12. The molecular weight excluding hydrogens is 443 g/mol. The number of carbonyl (C=O) groups excluding carboxylic acids is 1. The van der Waals surface area contributed by atoms with Gasteiger partial charge in [-0.3, -0.25) is 4.79 Å². The molecule has 2 heterocycles. The van der Waals surface area contributed by atoms with E-state index in [-0.39, 0.29) is 11.3 Å². The Morgan fingerprint density at radius 3 is 2.50 bits per heavy atom. The molecule has 1 aliphatic rings. The van der Waals surface area contributed by atoms with Crippen LogP contribution in [0.1, 0.15) is 49.7 Å². The van der Waals surface area contributed by atoms with E-state index >= 15 is 0 Å². The molecule has 1 aliphatic carbocycles. The maximum absolute atomic E-state index is 13.2. The minimum atomic E-state index is -0.360. The van der Waals surface area contributed by atoms with Crippen LogP contribution in [0.25, 0.3) is 16.6 Å². The highest BCUT2D eigenvalue weighted by molar-refractivity contribution is 6.36. The van der Waals surface area contributed by atoms with Crippen LogP contribution in [-0.4, -0.2) is 36.5 Å². The van der Waals surface area contributed by atoms with E-state index in [0.717, 1.165) is 67.5 Å². The summed E-state index contributed by atoms with van der Waals surface area (Å²) in [5, 5.41) is 11.2. The van der Waals surface area contributed by atoms with Crippen molar-refractivity contribution in [2.45, 2.75) is 50.9 Å². The summed E-state index contributed by atoms with van der Waals surface area (Å²) in [5.74, 6) is 1.10. The molecule has 5 nitrogen and oxygen atoms in total. The molecule has 1 amide bonds. The summed E-state index contributed by atoms with van der Waals surface area (Å²) in [5.41, 5.74) is 5.87. The number of rotatable bonds is 9. The first-order chi connectivity index (χ1) is 17.6. The molecule has 0 atom stereocenters. The Morgan fingerprint density at radius 2 is 1.72 bits per heavy atom. The Morgan fingerprint density at radius 1 is 1.00 bits per heavy atom. The molecular formula is C30H33BN4O. The number of aryl methyl sites for hydroxylation is 1. The maximum Gasteiger partial charge on any atom is 0.230 e. The monoisotopic (exact) mass is 476 g/mol. The van der Waals surface area contributed by atoms with Crippen molar-refractivity contribution in [1.82, 2.24) is 14.9 Å². The summed E-state index contributed by atoms with van der Waals surface area (Å²) in [6.45, 7) is 3.59. The van der Waals surface area contributed by atoms with Crippen molar-refractivity contribution in [1.29, 1.82) is 0 Å². The van der Waals surface area contributed by atoms with Gasteiger partial charge in [-0.1, -0.05) is 72.9 Å². The van der Waals surface area contributed by atoms with Gasteiger partial charge in [-0.05, 0) is 67.0 Å². The van der Waals surface area contributed by atoms with Crippen LogP contribution in [0.3, 0.4) is 0 Å². The second kappa shape index (κ2) is 10.6. The lowest BCUT2D eigenvalue weighted by Crippen LogP contribution is -2.43. The zero-order valence-corrected chi connectivity index (χ0v) is 21.0. The molecule has 2 aromatic carbocycles. The van der Waals surface area contributed by atoms with Crippen molar-refractivity contribution in [2.24, 2.45) is 0 Å². The predicted octanol–water partition coefficient (Wildman–Crippen LogP) is 4.92. The van der Waals surface area contributed by atoms with Crippen molar-refractivity contribution in [3.8, 4) is 11.1 Å². The van der Waals surface area contributed by atoms with Gasteiger partial charge in [0.05, 0.1) is 10.9 Å². The molecule has 2 N–H and O–H groups in total. The van der Waals surface area contributed by atoms with Gasteiger partial charge in [-0.25, -0.2) is 4.52 Å². The highest BCUT2D eigenvalue weighted by atomic mass is 16.2. The van der Waals surface area contributed by atoms with Gasteiger partial charge in [-0.2, -0.15) is 5.10 Å². The number of pyridine rings is 1.